The second kappa shape index (κ2) is 5.19. The van der Waals surface area contributed by atoms with Gasteiger partial charge in [-0.05, 0) is 24.5 Å². The van der Waals surface area contributed by atoms with E-state index in [1.807, 2.05) is 6.92 Å². The van der Waals surface area contributed by atoms with E-state index in [-0.39, 0.29) is 12.0 Å². The summed E-state index contributed by atoms with van der Waals surface area (Å²) in [4.78, 5) is 11.3. The second-order valence-corrected chi connectivity index (χ2v) is 4.25. The van der Waals surface area contributed by atoms with Crippen molar-refractivity contribution in [2.24, 2.45) is 0 Å². The van der Waals surface area contributed by atoms with Crippen molar-refractivity contribution in [3.05, 3.63) is 29.3 Å². The van der Waals surface area contributed by atoms with Crippen LogP contribution in [0.3, 0.4) is 0 Å². The molecule has 0 saturated carbocycles. The summed E-state index contributed by atoms with van der Waals surface area (Å²) >= 11 is 0. The molecule has 0 saturated heterocycles. The van der Waals surface area contributed by atoms with Gasteiger partial charge in [0.25, 0.3) is 0 Å². The molecule has 1 heterocycles. The summed E-state index contributed by atoms with van der Waals surface area (Å²) in [5, 5.41) is 6.54. The third kappa shape index (κ3) is 2.58. The van der Waals surface area contributed by atoms with E-state index in [2.05, 4.69) is 33.6 Å². The fraction of sp³-hybridized carbons (Fsp3) is 0.462. The number of fused-ring (bicyclic) bond motifs is 1. The van der Waals surface area contributed by atoms with E-state index in [1.54, 1.807) is 0 Å². The molecule has 0 radical (unpaired) electrons. The van der Waals surface area contributed by atoms with Gasteiger partial charge in [0.05, 0.1) is 7.11 Å². The maximum Gasteiger partial charge on any atom is 0.322 e. The minimum atomic E-state index is -0.280. The average Bonchev–Trinajstić information content (AvgIpc) is 2.83. The molecule has 0 bridgehead atoms. The Bertz CT molecular complexity index is 418. The Kier molecular flexibility index (Phi) is 3.64. The first-order valence-electron chi connectivity index (χ1n) is 5.88. The van der Waals surface area contributed by atoms with Crippen LogP contribution < -0.4 is 10.6 Å². The molecule has 0 amide bonds. The zero-order valence-electron chi connectivity index (χ0n) is 10.2. The summed E-state index contributed by atoms with van der Waals surface area (Å²) in [5.41, 5.74) is 3.78. The lowest BCUT2D eigenvalue weighted by molar-refractivity contribution is -0.142. The minimum absolute atomic E-state index is 0.231. The van der Waals surface area contributed by atoms with Crippen LogP contribution in [0.15, 0.2) is 18.2 Å². The van der Waals surface area contributed by atoms with Crippen molar-refractivity contribution in [3.63, 3.8) is 0 Å². The van der Waals surface area contributed by atoms with E-state index in [0.717, 1.165) is 13.0 Å². The van der Waals surface area contributed by atoms with E-state index in [9.17, 15) is 4.79 Å². The first-order valence-corrected chi connectivity index (χ1v) is 5.88. The molecule has 1 aliphatic rings. The molecule has 2 rings (SSSR count). The average molecular weight is 234 g/mol. The van der Waals surface area contributed by atoms with Gasteiger partial charge in [0, 0.05) is 18.8 Å². The van der Waals surface area contributed by atoms with Crippen molar-refractivity contribution in [2.75, 3.05) is 19.0 Å². The lowest BCUT2D eigenvalue weighted by Crippen LogP contribution is -2.34. The van der Waals surface area contributed by atoms with Gasteiger partial charge in [-0.25, -0.2) is 0 Å². The number of para-hydroxylation sites is 1. The first kappa shape index (κ1) is 11.9. The fourth-order valence-corrected chi connectivity index (χ4v) is 2.08. The molecule has 92 valence electrons. The molecule has 0 aliphatic carbocycles. The van der Waals surface area contributed by atoms with E-state index in [4.69, 9.17) is 0 Å². The summed E-state index contributed by atoms with van der Waals surface area (Å²) in [6, 6.07) is 6.00. The standard InChI is InChI=1S/C13H18N2O2/c1-9(13(16)17-2)15-8-11-5-3-4-10-6-7-14-12(10)11/h3-5,9,14-15H,6-8H2,1-2H3/t9-/m0/s1. The molecule has 4 nitrogen and oxygen atoms in total. The van der Waals surface area contributed by atoms with Crippen LogP contribution in [0.5, 0.6) is 0 Å². The molecule has 0 spiro atoms. The van der Waals surface area contributed by atoms with Crippen molar-refractivity contribution in [3.8, 4) is 0 Å². The molecular weight excluding hydrogens is 216 g/mol. The fourth-order valence-electron chi connectivity index (χ4n) is 2.08. The zero-order chi connectivity index (χ0) is 12.3. The highest BCUT2D eigenvalue weighted by Crippen LogP contribution is 2.26. The molecule has 17 heavy (non-hydrogen) atoms. The molecule has 1 aliphatic heterocycles. The Balaban J connectivity index is 2.00. The predicted octanol–water partition coefficient (Wildman–Crippen LogP) is 1.31. The quantitative estimate of drug-likeness (QED) is 0.771. The largest absolute Gasteiger partial charge is 0.468 e. The summed E-state index contributed by atoms with van der Waals surface area (Å²) in [6.07, 6.45) is 1.08. The number of rotatable bonds is 4. The van der Waals surface area contributed by atoms with Crippen molar-refractivity contribution in [2.45, 2.75) is 25.9 Å². The van der Waals surface area contributed by atoms with Crippen LogP contribution in [0.2, 0.25) is 0 Å². The Morgan fingerprint density at radius 3 is 3.18 bits per heavy atom. The topological polar surface area (TPSA) is 50.4 Å². The van der Waals surface area contributed by atoms with Gasteiger partial charge in [0.2, 0.25) is 0 Å². The van der Waals surface area contributed by atoms with E-state index < -0.39 is 0 Å². The van der Waals surface area contributed by atoms with E-state index in [1.165, 1.54) is 23.9 Å². The monoisotopic (exact) mass is 234 g/mol. The van der Waals surface area contributed by atoms with Crippen LogP contribution >= 0.6 is 0 Å². The molecule has 1 aromatic carbocycles. The molecule has 0 fully saturated rings. The number of hydrogen-bond donors (Lipinski definition) is 2. The van der Waals surface area contributed by atoms with E-state index in [0.29, 0.717) is 6.54 Å². The third-order valence-corrected chi connectivity index (χ3v) is 3.09. The number of esters is 1. The van der Waals surface area contributed by atoms with Gasteiger partial charge in [-0.2, -0.15) is 0 Å². The number of carbonyl (C=O) groups excluding carboxylic acids is 1. The van der Waals surface area contributed by atoms with Crippen molar-refractivity contribution in [1.29, 1.82) is 0 Å². The van der Waals surface area contributed by atoms with Crippen molar-refractivity contribution >= 4 is 11.7 Å². The maximum atomic E-state index is 11.3. The number of methoxy groups -OCH3 is 1. The number of ether oxygens (including phenoxy) is 1. The van der Waals surface area contributed by atoms with Crippen LogP contribution in [0, 0.1) is 0 Å². The summed E-state index contributed by atoms with van der Waals surface area (Å²) in [7, 11) is 1.41. The van der Waals surface area contributed by atoms with Gasteiger partial charge in [0.1, 0.15) is 6.04 Å². The molecular formula is C13H18N2O2. The first-order chi connectivity index (χ1) is 8.22. The Labute approximate surface area is 101 Å². The third-order valence-electron chi connectivity index (χ3n) is 3.09. The number of anilines is 1. The number of carbonyl (C=O) groups is 1. The molecule has 4 heteroatoms. The van der Waals surface area contributed by atoms with Crippen molar-refractivity contribution in [1.82, 2.24) is 5.32 Å². The Morgan fingerprint density at radius 1 is 1.59 bits per heavy atom. The number of hydrogen-bond acceptors (Lipinski definition) is 4. The summed E-state index contributed by atoms with van der Waals surface area (Å²) in [6.45, 7) is 3.48. The Hall–Kier alpha value is -1.55. The highest BCUT2D eigenvalue weighted by Gasteiger charge is 2.16. The Morgan fingerprint density at radius 2 is 2.41 bits per heavy atom. The smallest absolute Gasteiger partial charge is 0.322 e. The molecule has 0 aromatic heterocycles. The van der Waals surface area contributed by atoms with Gasteiger partial charge in [0.15, 0.2) is 0 Å². The predicted molar refractivity (Wildman–Crippen MR) is 67.0 cm³/mol. The van der Waals surface area contributed by atoms with Crippen LogP contribution in [-0.2, 0) is 22.5 Å². The van der Waals surface area contributed by atoms with Crippen LogP contribution in [-0.4, -0.2) is 25.7 Å². The summed E-state index contributed by atoms with van der Waals surface area (Å²) in [5.74, 6) is -0.231. The van der Waals surface area contributed by atoms with E-state index >= 15 is 0 Å². The molecule has 2 N–H and O–H groups in total. The lowest BCUT2D eigenvalue weighted by atomic mass is 10.1. The highest BCUT2D eigenvalue weighted by atomic mass is 16.5. The minimum Gasteiger partial charge on any atom is -0.468 e. The van der Waals surface area contributed by atoms with Crippen LogP contribution in [0.1, 0.15) is 18.1 Å². The summed E-state index contributed by atoms with van der Waals surface area (Å²) < 4.78 is 4.68. The van der Waals surface area contributed by atoms with Gasteiger partial charge in [-0.15, -0.1) is 0 Å². The SMILES string of the molecule is COC(=O)[C@H](C)NCc1cccc2c1NCC2. The van der Waals surface area contributed by atoms with Gasteiger partial charge in [-0.1, -0.05) is 18.2 Å². The second-order valence-electron chi connectivity index (χ2n) is 4.25. The molecule has 1 atom stereocenters. The normalized spacial score (nSPS) is 14.9. The van der Waals surface area contributed by atoms with Crippen LogP contribution in [0.25, 0.3) is 0 Å². The number of nitrogens with one attached hydrogen (secondary N) is 2. The van der Waals surface area contributed by atoms with Gasteiger partial charge < -0.3 is 15.4 Å². The van der Waals surface area contributed by atoms with Gasteiger partial charge in [-0.3, -0.25) is 4.79 Å². The van der Waals surface area contributed by atoms with Gasteiger partial charge >= 0.3 is 5.97 Å². The molecule has 1 aromatic rings. The zero-order valence-corrected chi connectivity index (χ0v) is 10.2. The highest BCUT2D eigenvalue weighted by molar-refractivity contribution is 5.75. The van der Waals surface area contributed by atoms with Crippen LogP contribution in [0.4, 0.5) is 5.69 Å². The maximum absolute atomic E-state index is 11.3. The van der Waals surface area contributed by atoms with Crippen molar-refractivity contribution < 1.29 is 9.53 Å². The molecule has 0 unspecified atom stereocenters. The lowest BCUT2D eigenvalue weighted by Gasteiger charge is -2.13. The number of benzene rings is 1.